The fraction of sp³-hybridized carbons (Fsp3) is 0.667. The molecule has 0 aliphatic carbocycles. The summed E-state index contributed by atoms with van der Waals surface area (Å²) in [6, 6.07) is 4.88. The molecule has 2 aliphatic rings. The lowest BCUT2D eigenvalue weighted by molar-refractivity contribution is 0.174. The van der Waals surface area contributed by atoms with Crippen LogP contribution in [-0.4, -0.2) is 58.6 Å². The summed E-state index contributed by atoms with van der Waals surface area (Å²) in [5, 5.41) is 3.76. The maximum absolute atomic E-state index is 12.6. The molecular weight excluding hydrogens is 320 g/mol. The van der Waals surface area contributed by atoms with Gasteiger partial charge in [-0.15, -0.1) is 0 Å². The number of hydrogen-bond donors (Lipinski definition) is 1. The monoisotopic (exact) mass is 348 g/mol. The van der Waals surface area contributed by atoms with Gasteiger partial charge in [0.15, 0.2) is 0 Å². The SMILES string of the molecule is Cc1ccc(N2CCC(NC(=O)N3CCS[C@H](C)[C@@H]3C)CC2)nc1. The predicted molar refractivity (Wildman–Crippen MR) is 101 cm³/mol. The summed E-state index contributed by atoms with van der Waals surface area (Å²) in [4.78, 5) is 21.4. The van der Waals surface area contributed by atoms with E-state index in [4.69, 9.17) is 0 Å². The van der Waals surface area contributed by atoms with Crippen LogP contribution in [0.5, 0.6) is 0 Å². The average Bonchev–Trinajstić information content (AvgIpc) is 2.59. The second-order valence-electron chi connectivity index (χ2n) is 6.91. The van der Waals surface area contributed by atoms with Crippen LogP contribution in [0.15, 0.2) is 18.3 Å². The van der Waals surface area contributed by atoms with Crippen molar-refractivity contribution >= 4 is 23.6 Å². The van der Waals surface area contributed by atoms with Crippen molar-refractivity contribution in [2.45, 2.75) is 50.9 Å². The molecule has 1 aromatic rings. The lowest BCUT2D eigenvalue weighted by Gasteiger charge is -2.39. The molecule has 0 unspecified atom stereocenters. The van der Waals surface area contributed by atoms with Crippen molar-refractivity contribution < 1.29 is 4.79 Å². The van der Waals surface area contributed by atoms with Crippen molar-refractivity contribution in [3.63, 3.8) is 0 Å². The van der Waals surface area contributed by atoms with Crippen LogP contribution in [-0.2, 0) is 0 Å². The van der Waals surface area contributed by atoms with Crippen LogP contribution < -0.4 is 10.2 Å². The molecule has 1 N–H and O–H groups in total. The van der Waals surface area contributed by atoms with Crippen LogP contribution in [0.2, 0.25) is 0 Å². The topological polar surface area (TPSA) is 48.5 Å². The number of carbonyl (C=O) groups excluding carboxylic acids is 1. The van der Waals surface area contributed by atoms with E-state index in [1.54, 1.807) is 0 Å². The normalized spacial score (nSPS) is 25.6. The number of rotatable bonds is 2. The first-order valence-electron chi connectivity index (χ1n) is 8.91. The summed E-state index contributed by atoms with van der Waals surface area (Å²) >= 11 is 1.96. The van der Waals surface area contributed by atoms with Crippen LogP contribution in [0.3, 0.4) is 0 Å². The summed E-state index contributed by atoms with van der Waals surface area (Å²) in [6.45, 7) is 9.17. The highest BCUT2D eigenvalue weighted by Crippen LogP contribution is 2.24. The molecule has 1 aromatic heterocycles. The number of amides is 2. The van der Waals surface area contributed by atoms with Gasteiger partial charge in [-0.1, -0.05) is 13.0 Å². The second-order valence-corrected chi connectivity index (χ2v) is 8.40. The van der Waals surface area contributed by atoms with Crippen LogP contribution in [0, 0.1) is 6.92 Å². The molecule has 0 aromatic carbocycles. The Hall–Kier alpha value is -1.43. The van der Waals surface area contributed by atoms with Crippen molar-refractivity contribution in [3.05, 3.63) is 23.9 Å². The Kier molecular flexibility index (Phi) is 5.54. The van der Waals surface area contributed by atoms with Gasteiger partial charge in [0, 0.05) is 48.9 Å². The maximum Gasteiger partial charge on any atom is 0.317 e. The Bertz CT molecular complexity index is 557. The van der Waals surface area contributed by atoms with Gasteiger partial charge in [0.25, 0.3) is 0 Å². The zero-order chi connectivity index (χ0) is 17.1. The van der Waals surface area contributed by atoms with Crippen molar-refractivity contribution in [2.75, 3.05) is 30.3 Å². The van der Waals surface area contributed by atoms with Crippen LogP contribution in [0.1, 0.15) is 32.3 Å². The van der Waals surface area contributed by atoms with Gasteiger partial charge < -0.3 is 15.1 Å². The number of piperidine rings is 1. The molecule has 132 valence electrons. The van der Waals surface area contributed by atoms with E-state index in [1.165, 1.54) is 5.56 Å². The summed E-state index contributed by atoms with van der Waals surface area (Å²) in [5.41, 5.74) is 1.18. The van der Waals surface area contributed by atoms with Crippen molar-refractivity contribution in [1.82, 2.24) is 15.2 Å². The minimum absolute atomic E-state index is 0.113. The molecule has 2 atom stereocenters. The number of aromatic nitrogens is 1. The third-order valence-corrected chi connectivity index (χ3v) is 6.53. The molecule has 24 heavy (non-hydrogen) atoms. The zero-order valence-electron chi connectivity index (χ0n) is 14.9. The summed E-state index contributed by atoms with van der Waals surface area (Å²) in [5.74, 6) is 2.08. The van der Waals surface area contributed by atoms with Gasteiger partial charge in [-0.05, 0) is 38.3 Å². The van der Waals surface area contributed by atoms with Crippen molar-refractivity contribution in [2.24, 2.45) is 0 Å². The Morgan fingerprint density at radius 3 is 2.67 bits per heavy atom. The highest BCUT2D eigenvalue weighted by Gasteiger charge is 2.30. The average molecular weight is 349 g/mol. The van der Waals surface area contributed by atoms with Crippen LogP contribution >= 0.6 is 11.8 Å². The van der Waals surface area contributed by atoms with Crippen molar-refractivity contribution in [3.8, 4) is 0 Å². The van der Waals surface area contributed by atoms with Crippen LogP contribution in [0.25, 0.3) is 0 Å². The fourth-order valence-electron chi connectivity index (χ4n) is 3.38. The molecular formula is C18H28N4OS. The molecule has 2 amide bonds. The smallest absolute Gasteiger partial charge is 0.317 e. The number of thioether (sulfide) groups is 1. The fourth-order valence-corrected chi connectivity index (χ4v) is 4.48. The predicted octanol–water partition coefficient (Wildman–Crippen LogP) is 2.89. The number of hydrogen-bond acceptors (Lipinski definition) is 4. The molecule has 3 rings (SSSR count). The van der Waals surface area contributed by atoms with E-state index in [1.807, 2.05) is 22.9 Å². The minimum atomic E-state index is 0.113. The van der Waals surface area contributed by atoms with Gasteiger partial charge in [0.05, 0.1) is 0 Å². The van der Waals surface area contributed by atoms with E-state index in [0.29, 0.717) is 11.3 Å². The van der Waals surface area contributed by atoms with Crippen LogP contribution in [0.4, 0.5) is 10.6 Å². The molecule has 0 spiro atoms. The number of nitrogens with zero attached hydrogens (tertiary/aromatic N) is 3. The summed E-state index contributed by atoms with van der Waals surface area (Å²) in [6.07, 6.45) is 3.88. The van der Waals surface area contributed by atoms with Gasteiger partial charge >= 0.3 is 6.03 Å². The molecule has 0 bridgehead atoms. The number of pyridine rings is 1. The molecule has 0 saturated carbocycles. The molecule has 2 saturated heterocycles. The molecule has 2 aliphatic heterocycles. The molecule has 2 fully saturated rings. The number of aryl methyl sites for hydroxylation is 1. The van der Waals surface area contributed by atoms with Gasteiger partial charge in [-0.2, -0.15) is 11.8 Å². The number of nitrogens with one attached hydrogen (secondary N) is 1. The molecule has 3 heterocycles. The second kappa shape index (κ2) is 7.64. The lowest BCUT2D eigenvalue weighted by Crippen LogP contribution is -2.55. The summed E-state index contributed by atoms with van der Waals surface area (Å²) < 4.78 is 0. The van der Waals surface area contributed by atoms with E-state index in [0.717, 1.165) is 44.0 Å². The van der Waals surface area contributed by atoms with E-state index >= 15 is 0 Å². The first-order chi connectivity index (χ1) is 11.5. The van der Waals surface area contributed by atoms with Gasteiger partial charge in [-0.25, -0.2) is 9.78 Å². The Balaban J connectivity index is 1.50. The molecule has 5 nitrogen and oxygen atoms in total. The largest absolute Gasteiger partial charge is 0.356 e. The van der Waals surface area contributed by atoms with Gasteiger partial charge in [0.1, 0.15) is 5.82 Å². The van der Waals surface area contributed by atoms with Gasteiger partial charge in [-0.3, -0.25) is 0 Å². The number of anilines is 1. The maximum atomic E-state index is 12.6. The Labute approximate surface area is 149 Å². The number of carbonyl (C=O) groups is 1. The quantitative estimate of drug-likeness (QED) is 0.893. The molecule has 6 heteroatoms. The van der Waals surface area contributed by atoms with E-state index in [9.17, 15) is 4.79 Å². The first-order valence-corrected chi connectivity index (χ1v) is 9.96. The zero-order valence-corrected chi connectivity index (χ0v) is 15.7. The van der Waals surface area contributed by atoms with E-state index in [-0.39, 0.29) is 12.1 Å². The standard InChI is InChI=1S/C18H28N4OS/c1-13-4-5-17(19-12-13)21-8-6-16(7-9-21)20-18(23)22-10-11-24-15(3)14(22)2/h4-5,12,14-16H,6-11H2,1-3H3,(H,20,23)/t14-,15+/m0/s1. The highest BCUT2D eigenvalue weighted by atomic mass is 32.2. The Morgan fingerprint density at radius 2 is 2.00 bits per heavy atom. The van der Waals surface area contributed by atoms with Gasteiger partial charge in [0.2, 0.25) is 0 Å². The highest BCUT2D eigenvalue weighted by molar-refractivity contribution is 8.00. The molecule has 0 radical (unpaired) electrons. The third kappa shape index (κ3) is 3.97. The minimum Gasteiger partial charge on any atom is -0.356 e. The summed E-state index contributed by atoms with van der Waals surface area (Å²) in [7, 11) is 0. The number of urea groups is 1. The van der Waals surface area contributed by atoms with E-state index in [2.05, 4.69) is 48.1 Å². The first kappa shape index (κ1) is 17.4. The third-order valence-electron chi connectivity index (χ3n) is 5.19. The van der Waals surface area contributed by atoms with E-state index < -0.39 is 0 Å². The van der Waals surface area contributed by atoms with Crippen molar-refractivity contribution in [1.29, 1.82) is 0 Å². The Morgan fingerprint density at radius 1 is 1.25 bits per heavy atom. The lowest BCUT2D eigenvalue weighted by atomic mass is 10.1.